The van der Waals surface area contributed by atoms with E-state index in [9.17, 15) is 5.11 Å². The fourth-order valence-corrected chi connectivity index (χ4v) is 3.36. The largest absolute Gasteiger partial charge is 0.508 e. The smallest absolute Gasteiger partial charge is 0.115 e. The molecule has 0 aliphatic carbocycles. The van der Waals surface area contributed by atoms with Gasteiger partial charge in [0.1, 0.15) is 5.75 Å². The van der Waals surface area contributed by atoms with Crippen molar-refractivity contribution in [2.75, 3.05) is 0 Å². The van der Waals surface area contributed by atoms with E-state index in [2.05, 4.69) is 82.3 Å². The minimum Gasteiger partial charge on any atom is -0.508 e. The molecular weight excluding hydrogens is 304 g/mol. The van der Waals surface area contributed by atoms with Crippen LogP contribution in [0.15, 0.2) is 78.9 Å². The Hall–Kier alpha value is -2.54. The van der Waals surface area contributed by atoms with Crippen molar-refractivity contribution in [3.8, 4) is 5.75 Å². The average Bonchev–Trinajstić information content (AvgIpc) is 2.63. The molecule has 0 aliphatic heterocycles. The number of hydrogen-bond acceptors (Lipinski definition) is 1. The summed E-state index contributed by atoms with van der Waals surface area (Å²) in [5.41, 5.74) is 4.91. The SMILES string of the molecule is CC(C)(c1ccccc1)c1cccc(C(C)(C)c2ccc(O)cc2)c1. The first-order valence-electron chi connectivity index (χ1n) is 8.78. The van der Waals surface area contributed by atoms with Gasteiger partial charge in [0.05, 0.1) is 0 Å². The van der Waals surface area contributed by atoms with Crippen LogP contribution in [0.4, 0.5) is 0 Å². The van der Waals surface area contributed by atoms with Crippen LogP contribution in [0.25, 0.3) is 0 Å². The third-order valence-corrected chi connectivity index (χ3v) is 5.39. The highest BCUT2D eigenvalue weighted by atomic mass is 16.3. The van der Waals surface area contributed by atoms with Crippen molar-refractivity contribution in [3.05, 3.63) is 101 Å². The first-order chi connectivity index (χ1) is 11.8. The number of aromatic hydroxyl groups is 1. The Morgan fingerprint density at radius 1 is 0.520 bits per heavy atom. The molecule has 0 saturated carbocycles. The molecule has 0 aromatic heterocycles. The molecule has 0 spiro atoms. The summed E-state index contributed by atoms with van der Waals surface area (Å²) in [5.74, 6) is 0.304. The highest BCUT2D eigenvalue weighted by Crippen LogP contribution is 2.37. The van der Waals surface area contributed by atoms with Crippen molar-refractivity contribution in [1.82, 2.24) is 0 Å². The van der Waals surface area contributed by atoms with Gasteiger partial charge in [0, 0.05) is 10.8 Å². The lowest BCUT2D eigenvalue weighted by atomic mass is 9.73. The van der Waals surface area contributed by atoms with Gasteiger partial charge in [-0.15, -0.1) is 0 Å². The van der Waals surface area contributed by atoms with Gasteiger partial charge in [-0.25, -0.2) is 0 Å². The monoisotopic (exact) mass is 330 g/mol. The van der Waals surface area contributed by atoms with Crippen molar-refractivity contribution in [3.63, 3.8) is 0 Å². The van der Waals surface area contributed by atoms with E-state index < -0.39 is 0 Å². The first-order valence-corrected chi connectivity index (χ1v) is 8.78. The van der Waals surface area contributed by atoms with Gasteiger partial charge in [0.2, 0.25) is 0 Å². The Labute approximate surface area is 151 Å². The minimum atomic E-state index is -0.128. The predicted octanol–water partition coefficient (Wildman–Crippen LogP) is 6.04. The van der Waals surface area contributed by atoms with Gasteiger partial charge in [0.15, 0.2) is 0 Å². The fraction of sp³-hybridized carbons (Fsp3) is 0.250. The maximum absolute atomic E-state index is 9.57. The summed E-state index contributed by atoms with van der Waals surface area (Å²) in [4.78, 5) is 0. The van der Waals surface area contributed by atoms with Crippen LogP contribution < -0.4 is 0 Å². The maximum atomic E-state index is 9.57. The van der Waals surface area contributed by atoms with Crippen LogP contribution in [0.2, 0.25) is 0 Å². The number of phenolic OH excluding ortho intramolecular Hbond substituents is 1. The zero-order valence-electron chi connectivity index (χ0n) is 15.5. The van der Waals surface area contributed by atoms with Gasteiger partial charge in [0.25, 0.3) is 0 Å². The number of hydrogen-bond donors (Lipinski definition) is 1. The molecule has 0 bridgehead atoms. The molecule has 0 fully saturated rings. The molecule has 3 aromatic carbocycles. The Balaban J connectivity index is 2.03. The Bertz CT molecular complexity index is 843. The van der Waals surface area contributed by atoms with Gasteiger partial charge in [-0.05, 0) is 34.4 Å². The molecule has 0 heterocycles. The average molecular weight is 330 g/mol. The second kappa shape index (κ2) is 6.40. The van der Waals surface area contributed by atoms with Crippen LogP contribution in [0.5, 0.6) is 5.75 Å². The van der Waals surface area contributed by atoms with Gasteiger partial charge in [-0.1, -0.05) is 94.4 Å². The Morgan fingerprint density at radius 3 is 1.48 bits per heavy atom. The summed E-state index contributed by atoms with van der Waals surface area (Å²) >= 11 is 0. The molecule has 25 heavy (non-hydrogen) atoms. The topological polar surface area (TPSA) is 20.2 Å². The van der Waals surface area contributed by atoms with Crippen LogP contribution in [-0.4, -0.2) is 5.11 Å². The van der Waals surface area contributed by atoms with E-state index in [4.69, 9.17) is 0 Å². The molecule has 1 heteroatoms. The third kappa shape index (κ3) is 3.32. The van der Waals surface area contributed by atoms with E-state index in [1.54, 1.807) is 12.1 Å². The molecule has 0 amide bonds. The molecule has 3 aromatic rings. The zero-order chi connectivity index (χ0) is 18.1. The Morgan fingerprint density at radius 2 is 0.960 bits per heavy atom. The number of phenols is 1. The second-order valence-electron chi connectivity index (χ2n) is 7.74. The molecule has 0 unspecified atom stereocenters. The van der Waals surface area contributed by atoms with Crippen LogP contribution in [0.1, 0.15) is 49.9 Å². The van der Waals surface area contributed by atoms with Gasteiger partial charge < -0.3 is 5.11 Å². The normalized spacial score (nSPS) is 12.2. The molecule has 0 aliphatic rings. The van der Waals surface area contributed by atoms with Crippen molar-refractivity contribution in [2.45, 2.75) is 38.5 Å². The minimum absolute atomic E-state index is 0.0533. The molecule has 128 valence electrons. The van der Waals surface area contributed by atoms with Crippen LogP contribution >= 0.6 is 0 Å². The lowest BCUT2D eigenvalue weighted by Crippen LogP contribution is -2.22. The molecular formula is C24H26O. The summed E-state index contributed by atoms with van der Waals surface area (Å²) in [6, 6.07) is 27.0. The van der Waals surface area contributed by atoms with E-state index >= 15 is 0 Å². The summed E-state index contributed by atoms with van der Waals surface area (Å²) in [7, 11) is 0. The van der Waals surface area contributed by atoms with Gasteiger partial charge in [-0.3, -0.25) is 0 Å². The fourth-order valence-electron chi connectivity index (χ4n) is 3.36. The van der Waals surface area contributed by atoms with Crippen LogP contribution in [0, 0.1) is 0 Å². The van der Waals surface area contributed by atoms with E-state index in [1.165, 1.54) is 22.3 Å². The second-order valence-corrected chi connectivity index (χ2v) is 7.74. The van der Waals surface area contributed by atoms with E-state index in [-0.39, 0.29) is 10.8 Å². The maximum Gasteiger partial charge on any atom is 0.115 e. The number of rotatable bonds is 4. The quantitative estimate of drug-likeness (QED) is 0.618. The highest BCUT2D eigenvalue weighted by Gasteiger charge is 2.27. The summed E-state index contributed by atoms with van der Waals surface area (Å²) in [5, 5.41) is 9.57. The van der Waals surface area contributed by atoms with E-state index in [0.717, 1.165) is 0 Å². The highest BCUT2D eigenvalue weighted by molar-refractivity contribution is 5.45. The lowest BCUT2D eigenvalue weighted by molar-refractivity contribution is 0.474. The summed E-state index contributed by atoms with van der Waals surface area (Å²) in [6.07, 6.45) is 0. The molecule has 3 rings (SSSR count). The van der Waals surface area contributed by atoms with Crippen molar-refractivity contribution in [1.29, 1.82) is 0 Å². The third-order valence-electron chi connectivity index (χ3n) is 5.39. The van der Waals surface area contributed by atoms with Crippen LogP contribution in [-0.2, 0) is 10.8 Å². The Kier molecular flexibility index (Phi) is 4.43. The summed E-state index contributed by atoms with van der Waals surface area (Å²) < 4.78 is 0. The standard InChI is InChI=1S/C24H26O/c1-23(2,18-9-6-5-7-10-18)20-11-8-12-21(17-20)24(3,4)19-13-15-22(25)16-14-19/h5-17,25H,1-4H3. The van der Waals surface area contributed by atoms with E-state index in [0.29, 0.717) is 5.75 Å². The van der Waals surface area contributed by atoms with Crippen molar-refractivity contribution >= 4 is 0 Å². The molecule has 0 radical (unpaired) electrons. The van der Waals surface area contributed by atoms with Crippen LogP contribution in [0.3, 0.4) is 0 Å². The molecule has 0 saturated heterocycles. The first kappa shape index (κ1) is 17.3. The zero-order valence-corrected chi connectivity index (χ0v) is 15.5. The van der Waals surface area contributed by atoms with Crippen molar-refractivity contribution in [2.24, 2.45) is 0 Å². The van der Waals surface area contributed by atoms with Gasteiger partial charge in [-0.2, -0.15) is 0 Å². The summed E-state index contributed by atoms with van der Waals surface area (Å²) in [6.45, 7) is 9.01. The number of benzene rings is 3. The molecule has 1 nitrogen and oxygen atoms in total. The molecule has 1 N–H and O–H groups in total. The predicted molar refractivity (Wildman–Crippen MR) is 105 cm³/mol. The van der Waals surface area contributed by atoms with Gasteiger partial charge >= 0.3 is 0 Å². The van der Waals surface area contributed by atoms with Crippen molar-refractivity contribution < 1.29 is 5.11 Å². The lowest BCUT2D eigenvalue weighted by Gasteiger charge is -2.30. The van der Waals surface area contributed by atoms with E-state index in [1.807, 2.05) is 12.1 Å². The molecule has 0 atom stereocenters.